The summed E-state index contributed by atoms with van der Waals surface area (Å²) >= 11 is 1.34. The van der Waals surface area contributed by atoms with Gasteiger partial charge in [-0.15, -0.1) is 5.10 Å². The number of nitrogens with two attached hydrogens (primary N) is 1. The first kappa shape index (κ1) is 9.07. The van der Waals surface area contributed by atoms with E-state index in [2.05, 4.69) is 25.1 Å². The molecule has 0 aliphatic heterocycles. The van der Waals surface area contributed by atoms with Crippen molar-refractivity contribution >= 4 is 17.6 Å². The van der Waals surface area contributed by atoms with Crippen LogP contribution in [0.2, 0.25) is 0 Å². The van der Waals surface area contributed by atoms with Crippen LogP contribution >= 0.6 is 11.8 Å². The molecule has 0 radical (unpaired) electrons. The summed E-state index contributed by atoms with van der Waals surface area (Å²) in [6, 6.07) is 0. The summed E-state index contributed by atoms with van der Waals surface area (Å²) in [5.41, 5.74) is 5.69. The van der Waals surface area contributed by atoms with Gasteiger partial charge in [0, 0.05) is 0 Å². The number of hydrogen-bond acceptors (Lipinski definition) is 5. The highest BCUT2D eigenvalue weighted by Crippen LogP contribution is 2.27. The number of imidazole rings is 1. The molecule has 7 heteroatoms. The molecule has 0 aliphatic rings. The fourth-order valence-corrected chi connectivity index (χ4v) is 1.81. The Morgan fingerprint density at radius 1 is 1.21 bits per heavy atom. The number of nitrogens with one attached hydrogen (secondary N) is 2. The van der Waals surface area contributed by atoms with Gasteiger partial charge in [-0.25, -0.2) is 9.97 Å². The lowest BCUT2D eigenvalue weighted by atomic mass is 10.8. The van der Waals surface area contributed by atoms with Crippen molar-refractivity contribution in [3.8, 4) is 0 Å². The molecule has 0 unspecified atom stereocenters. The molecule has 6 nitrogen and oxygen atoms in total. The summed E-state index contributed by atoms with van der Waals surface area (Å²) in [5, 5.41) is 8.07. The largest absolute Gasteiger partial charge is 0.383 e. The number of nitrogen functional groups attached to an aromatic ring is 1. The van der Waals surface area contributed by atoms with Crippen molar-refractivity contribution in [3.63, 3.8) is 0 Å². The van der Waals surface area contributed by atoms with Crippen LogP contribution in [0.5, 0.6) is 0 Å². The van der Waals surface area contributed by atoms with E-state index in [9.17, 15) is 0 Å². The molecule has 2 aromatic rings. The Morgan fingerprint density at radius 2 is 2.00 bits per heavy atom. The van der Waals surface area contributed by atoms with E-state index in [1.165, 1.54) is 11.8 Å². The van der Waals surface area contributed by atoms with E-state index in [-0.39, 0.29) is 0 Å². The highest BCUT2D eigenvalue weighted by Gasteiger charge is 2.09. The van der Waals surface area contributed by atoms with Crippen molar-refractivity contribution in [1.82, 2.24) is 25.1 Å². The number of aryl methyl sites for hydroxylation is 2. The van der Waals surface area contributed by atoms with Gasteiger partial charge in [-0.2, -0.15) is 0 Å². The maximum absolute atomic E-state index is 5.69. The fourth-order valence-electron chi connectivity index (χ4n) is 1.02. The second-order valence-corrected chi connectivity index (χ2v) is 3.80. The van der Waals surface area contributed by atoms with Crippen LogP contribution in [0.3, 0.4) is 0 Å². The zero-order valence-electron chi connectivity index (χ0n) is 7.83. The van der Waals surface area contributed by atoms with Crippen LogP contribution in [0, 0.1) is 13.8 Å². The van der Waals surface area contributed by atoms with Crippen molar-refractivity contribution in [1.29, 1.82) is 0 Å². The van der Waals surface area contributed by atoms with Crippen molar-refractivity contribution in [2.24, 2.45) is 0 Å². The van der Waals surface area contributed by atoms with Crippen LogP contribution in [-0.2, 0) is 0 Å². The number of anilines is 1. The van der Waals surface area contributed by atoms with Crippen LogP contribution in [0.25, 0.3) is 0 Å². The Morgan fingerprint density at radius 3 is 2.50 bits per heavy atom. The average Bonchev–Trinajstić information content (AvgIpc) is 2.61. The summed E-state index contributed by atoms with van der Waals surface area (Å²) in [6.45, 7) is 3.69. The van der Waals surface area contributed by atoms with Gasteiger partial charge in [-0.05, 0) is 25.6 Å². The molecule has 0 atom stereocenters. The van der Waals surface area contributed by atoms with E-state index in [4.69, 9.17) is 5.73 Å². The minimum atomic E-state index is 0.551. The second-order valence-electron chi connectivity index (χ2n) is 2.85. The summed E-state index contributed by atoms with van der Waals surface area (Å²) in [5.74, 6) is 2.12. The Balaban J connectivity index is 2.22. The molecule has 0 aliphatic carbocycles. The van der Waals surface area contributed by atoms with Gasteiger partial charge in [0.2, 0.25) is 5.16 Å². The van der Waals surface area contributed by atoms with Crippen LogP contribution in [0.15, 0.2) is 10.2 Å². The molecule has 2 heterocycles. The molecule has 2 aromatic heterocycles. The maximum Gasteiger partial charge on any atom is 0.214 e. The van der Waals surface area contributed by atoms with Gasteiger partial charge in [0.15, 0.2) is 0 Å². The second kappa shape index (κ2) is 3.33. The quantitative estimate of drug-likeness (QED) is 0.683. The Hall–Kier alpha value is -1.50. The van der Waals surface area contributed by atoms with Crippen molar-refractivity contribution in [2.45, 2.75) is 24.0 Å². The van der Waals surface area contributed by atoms with Crippen molar-refractivity contribution in [3.05, 3.63) is 11.6 Å². The van der Waals surface area contributed by atoms with E-state index < -0.39 is 0 Å². The Labute approximate surface area is 84.7 Å². The van der Waals surface area contributed by atoms with Crippen LogP contribution in [0.4, 0.5) is 5.82 Å². The highest BCUT2D eigenvalue weighted by atomic mass is 32.2. The monoisotopic (exact) mass is 210 g/mol. The van der Waals surface area contributed by atoms with Gasteiger partial charge in [-0.3, -0.25) is 5.10 Å². The fraction of sp³-hybridized carbons (Fsp3) is 0.286. The van der Waals surface area contributed by atoms with Gasteiger partial charge in [0.1, 0.15) is 22.5 Å². The third-order valence-electron chi connectivity index (χ3n) is 1.58. The molecule has 74 valence electrons. The molecule has 0 bridgehead atoms. The van der Waals surface area contributed by atoms with Crippen molar-refractivity contribution < 1.29 is 0 Å². The van der Waals surface area contributed by atoms with Crippen molar-refractivity contribution in [2.75, 3.05) is 5.73 Å². The smallest absolute Gasteiger partial charge is 0.214 e. The molecule has 0 aromatic carbocycles. The Kier molecular flexibility index (Phi) is 2.16. The molecule has 4 N–H and O–H groups in total. The van der Waals surface area contributed by atoms with Gasteiger partial charge in [-0.1, -0.05) is 0 Å². The lowest BCUT2D eigenvalue weighted by Gasteiger charge is -1.90. The normalized spacial score (nSPS) is 10.7. The summed E-state index contributed by atoms with van der Waals surface area (Å²) in [6.07, 6.45) is 0. The van der Waals surface area contributed by atoms with Crippen LogP contribution in [-0.4, -0.2) is 25.1 Å². The van der Waals surface area contributed by atoms with E-state index in [0.717, 1.165) is 11.6 Å². The summed E-state index contributed by atoms with van der Waals surface area (Å²) < 4.78 is 0. The van der Waals surface area contributed by atoms with Gasteiger partial charge >= 0.3 is 0 Å². The van der Waals surface area contributed by atoms with Gasteiger partial charge in [0.25, 0.3) is 0 Å². The van der Waals surface area contributed by atoms with Crippen LogP contribution < -0.4 is 5.73 Å². The molecule has 0 fully saturated rings. The lowest BCUT2D eigenvalue weighted by molar-refractivity contribution is 0.965. The van der Waals surface area contributed by atoms with E-state index in [1.54, 1.807) is 0 Å². The van der Waals surface area contributed by atoms with E-state index in [0.29, 0.717) is 16.0 Å². The molecular formula is C7H10N6S. The number of rotatable bonds is 2. The maximum atomic E-state index is 5.69. The molecule has 0 spiro atoms. The van der Waals surface area contributed by atoms with Gasteiger partial charge < -0.3 is 10.7 Å². The summed E-state index contributed by atoms with van der Waals surface area (Å²) in [7, 11) is 0. The number of H-pyrrole nitrogens is 2. The number of hydrogen-bond donors (Lipinski definition) is 3. The standard InChI is InChI=1S/C7H10N6S/c1-3-9-5(8)6(10-3)14-7-11-4(2)12-13-7/h8H2,1-2H3,(H,9,10)(H,11,12,13). The predicted octanol–water partition coefficient (Wildman–Crippen LogP) is 0.878. The van der Waals surface area contributed by atoms with E-state index in [1.807, 2.05) is 13.8 Å². The minimum Gasteiger partial charge on any atom is -0.383 e. The molecule has 14 heavy (non-hydrogen) atoms. The first-order chi connectivity index (χ1) is 6.65. The average molecular weight is 210 g/mol. The van der Waals surface area contributed by atoms with Gasteiger partial charge in [0.05, 0.1) is 0 Å². The highest BCUT2D eigenvalue weighted by molar-refractivity contribution is 7.99. The molecule has 0 saturated heterocycles. The van der Waals surface area contributed by atoms with E-state index >= 15 is 0 Å². The first-order valence-electron chi connectivity index (χ1n) is 4.04. The molecule has 0 saturated carbocycles. The zero-order chi connectivity index (χ0) is 10.1. The SMILES string of the molecule is Cc1nc(Sc2nc(C)[nH]c2N)n[nH]1. The lowest BCUT2D eigenvalue weighted by Crippen LogP contribution is -1.87. The number of aromatic amines is 2. The third kappa shape index (κ3) is 1.72. The molecular weight excluding hydrogens is 200 g/mol. The minimum absolute atomic E-state index is 0.551. The summed E-state index contributed by atoms with van der Waals surface area (Å²) in [4.78, 5) is 11.3. The van der Waals surface area contributed by atoms with Crippen LogP contribution in [0.1, 0.15) is 11.6 Å². The zero-order valence-corrected chi connectivity index (χ0v) is 8.64. The topological polar surface area (TPSA) is 96.3 Å². The Bertz CT molecular complexity index is 445. The third-order valence-corrected chi connectivity index (χ3v) is 2.45. The number of nitrogens with zero attached hydrogens (tertiary/aromatic N) is 3. The molecule has 0 amide bonds. The first-order valence-corrected chi connectivity index (χ1v) is 4.86. The molecule has 2 rings (SSSR count). The predicted molar refractivity (Wildman–Crippen MR) is 53.0 cm³/mol. The number of aromatic nitrogens is 5.